The van der Waals surface area contributed by atoms with Crippen LogP contribution in [0.15, 0.2) is 24.3 Å². The summed E-state index contributed by atoms with van der Waals surface area (Å²) in [5.74, 6) is -0.184. The number of hydrogen-bond donors (Lipinski definition) is 1. The molecule has 2 N–H and O–H groups in total. The lowest BCUT2D eigenvalue weighted by Crippen LogP contribution is -2.14. The van der Waals surface area contributed by atoms with Crippen LogP contribution in [-0.2, 0) is 5.41 Å². The zero-order valence-electron chi connectivity index (χ0n) is 7.05. The third-order valence-electron chi connectivity index (χ3n) is 2.81. The van der Waals surface area contributed by atoms with Crippen LogP contribution in [0.3, 0.4) is 0 Å². The predicted octanol–water partition coefficient (Wildman–Crippen LogP) is 1.81. The van der Waals surface area contributed by atoms with Crippen LogP contribution in [0.2, 0.25) is 0 Å². The highest BCUT2D eigenvalue weighted by Crippen LogP contribution is 2.46. The van der Waals surface area contributed by atoms with Gasteiger partial charge in [-0.15, -0.1) is 0 Å². The van der Waals surface area contributed by atoms with Gasteiger partial charge in [0.05, 0.1) is 0 Å². The van der Waals surface area contributed by atoms with Crippen molar-refractivity contribution in [1.82, 2.24) is 0 Å². The summed E-state index contributed by atoms with van der Waals surface area (Å²) in [6, 6.07) is 6.88. The molecule has 0 radical (unpaired) electrons. The average Bonchev–Trinajstić information content (AvgIpc) is 2.62. The monoisotopic (exact) mass is 165 g/mol. The molecule has 0 unspecified atom stereocenters. The minimum atomic E-state index is -0.184. The van der Waals surface area contributed by atoms with Gasteiger partial charge in [-0.3, -0.25) is 0 Å². The van der Waals surface area contributed by atoms with Gasteiger partial charge < -0.3 is 5.73 Å². The smallest absolute Gasteiger partial charge is 0.123 e. The first kappa shape index (κ1) is 7.74. The molecule has 1 aromatic rings. The fourth-order valence-electron chi connectivity index (χ4n) is 1.56. The Kier molecular flexibility index (Phi) is 1.48. The Morgan fingerprint density at radius 2 is 1.92 bits per heavy atom. The lowest BCUT2D eigenvalue weighted by atomic mass is 9.98. The normalized spacial score (nSPS) is 33.4. The Morgan fingerprint density at radius 3 is 2.33 bits per heavy atom. The molecule has 1 aromatic carbocycles. The minimum Gasteiger partial charge on any atom is -0.327 e. The van der Waals surface area contributed by atoms with Crippen molar-refractivity contribution in [3.8, 4) is 0 Å². The van der Waals surface area contributed by atoms with E-state index in [-0.39, 0.29) is 17.3 Å². The van der Waals surface area contributed by atoms with Crippen molar-refractivity contribution in [1.29, 1.82) is 0 Å². The SMILES string of the molecule is C[C@@]1(c2ccc(F)cc2)C[C@@H]1N. The van der Waals surface area contributed by atoms with Gasteiger partial charge in [-0.2, -0.15) is 0 Å². The summed E-state index contributed by atoms with van der Waals surface area (Å²) < 4.78 is 12.6. The van der Waals surface area contributed by atoms with E-state index < -0.39 is 0 Å². The maximum Gasteiger partial charge on any atom is 0.123 e. The van der Waals surface area contributed by atoms with Crippen molar-refractivity contribution in [3.63, 3.8) is 0 Å². The molecule has 2 rings (SSSR count). The molecule has 0 bridgehead atoms. The molecule has 12 heavy (non-hydrogen) atoms. The molecule has 0 saturated heterocycles. The average molecular weight is 165 g/mol. The van der Waals surface area contributed by atoms with E-state index in [0.29, 0.717) is 0 Å². The van der Waals surface area contributed by atoms with Crippen LogP contribution < -0.4 is 5.73 Å². The zero-order valence-corrected chi connectivity index (χ0v) is 7.05. The van der Waals surface area contributed by atoms with Gasteiger partial charge in [-0.05, 0) is 24.1 Å². The van der Waals surface area contributed by atoms with E-state index >= 15 is 0 Å². The largest absolute Gasteiger partial charge is 0.327 e. The van der Waals surface area contributed by atoms with E-state index in [1.807, 2.05) is 12.1 Å². The van der Waals surface area contributed by atoms with Crippen molar-refractivity contribution in [2.45, 2.75) is 24.8 Å². The summed E-state index contributed by atoms with van der Waals surface area (Å²) in [4.78, 5) is 0. The summed E-state index contributed by atoms with van der Waals surface area (Å²) in [5, 5.41) is 0. The fourth-order valence-corrected chi connectivity index (χ4v) is 1.56. The molecule has 0 aliphatic heterocycles. The maximum absolute atomic E-state index is 12.6. The summed E-state index contributed by atoms with van der Waals surface area (Å²) in [5.41, 5.74) is 7.03. The first-order chi connectivity index (χ1) is 5.63. The Labute approximate surface area is 71.4 Å². The Bertz CT molecular complexity index is 293. The highest BCUT2D eigenvalue weighted by Gasteiger charge is 2.48. The minimum absolute atomic E-state index is 0.105. The van der Waals surface area contributed by atoms with E-state index in [2.05, 4.69) is 6.92 Å². The standard InChI is InChI=1S/C10H12FN/c1-10(6-9(10)12)7-2-4-8(11)5-3-7/h2-5,9H,6,12H2,1H3/t9-,10-/m0/s1. The van der Waals surface area contributed by atoms with Crippen molar-refractivity contribution in [3.05, 3.63) is 35.6 Å². The van der Waals surface area contributed by atoms with Gasteiger partial charge in [0.25, 0.3) is 0 Å². The number of rotatable bonds is 1. The van der Waals surface area contributed by atoms with Crippen LogP contribution in [0.4, 0.5) is 4.39 Å². The molecule has 64 valence electrons. The predicted molar refractivity (Wildman–Crippen MR) is 46.3 cm³/mol. The lowest BCUT2D eigenvalue weighted by Gasteiger charge is -2.08. The van der Waals surface area contributed by atoms with E-state index in [1.165, 1.54) is 12.1 Å². The van der Waals surface area contributed by atoms with Gasteiger partial charge in [-0.1, -0.05) is 19.1 Å². The molecule has 0 amide bonds. The van der Waals surface area contributed by atoms with Crippen molar-refractivity contribution < 1.29 is 4.39 Å². The van der Waals surface area contributed by atoms with Gasteiger partial charge in [0.2, 0.25) is 0 Å². The maximum atomic E-state index is 12.6. The van der Waals surface area contributed by atoms with Gasteiger partial charge in [0.1, 0.15) is 5.82 Å². The van der Waals surface area contributed by atoms with Crippen LogP contribution in [0.1, 0.15) is 18.9 Å². The van der Waals surface area contributed by atoms with Gasteiger partial charge in [0, 0.05) is 11.5 Å². The Morgan fingerprint density at radius 1 is 1.42 bits per heavy atom. The highest BCUT2D eigenvalue weighted by molar-refractivity contribution is 5.34. The second-order valence-electron chi connectivity index (χ2n) is 3.73. The van der Waals surface area contributed by atoms with Crippen molar-refractivity contribution in [2.24, 2.45) is 5.73 Å². The summed E-state index contributed by atoms with van der Waals surface area (Å²) in [7, 11) is 0. The molecule has 1 aliphatic carbocycles. The topological polar surface area (TPSA) is 26.0 Å². The van der Waals surface area contributed by atoms with Crippen LogP contribution in [0.25, 0.3) is 0 Å². The first-order valence-corrected chi connectivity index (χ1v) is 4.14. The van der Waals surface area contributed by atoms with Crippen LogP contribution in [0, 0.1) is 5.82 Å². The number of benzene rings is 1. The molecular weight excluding hydrogens is 153 g/mol. The molecule has 1 aliphatic rings. The third-order valence-corrected chi connectivity index (χ3v) is 2.81. The second kappa shape index (κ2) is 2.30. The first-order valence-electron chi connectivity index (χ1n) is 4.14. The molecule has 1 saturated carbocycles. The van der Waals surface area contributed by atoms with Crippen LogP contribution in [0.5, 0.6) is 0 Å². The third kappa shape index (κ3) is 1.03. The van der Waals surface area contributed by atoms with E-state index in [1.54, 1.807) is 0 Å². The van der Waals surface area contributed by atoms with E-state index in [4.69, 9.17) is 5.73 Å². The van der Waals surface area contributed by atoms with Gasteiger partial charge in [0.15, 0.2) is 0 Å². The lowest BCUT2D eigenvalue weighted by molar-refractivity contribution is 0.624. The molecule has 0 spiro atoms. The van der Waals surface area contributed by atoms with Crippen LogP contribution >= 0.6 is 0 Å². The van der Waals surface area contributed by atoms with Crippen LogP contribution in [-0.4, -0.2) is 6.04 Å². The quantitative estimate of drug-likeness (QED) is 0.674. The Balaban J connectivity index is 2.31. The highest BCUT2D eigenvalue weighted by atomic mass is 19.1. The number of halogens is 1. The van der Waals surface area contributed by atoms with Gasteiger partial charge in [-0.25, -0.2) is 4.39 Å². The molecule has 1 nitrogen and oxygen atoms in total. The van der Waals surface area contributed by atoms with E-state index in [9.17, 15) is 4.39 Å². The number of hydrogen-bond acceptors (Lipinski definition) is 1. The summed E-state index contributed by atoms with van der Waals surface area (Å²) in [6.45, 7) is 2.12. The van der Waals surface area contributed by atoms with Gasteiger partial charge >= 0.3 is 0 Å². The second-order valence-corrected chi connectivity index (χ2v) is 3.73. The summed E-state index contributed by atoms with van der Waals surface area (Å²) >= 11 is 0. The van der Waals surface area contributed by atoms with Crippen molar-refractivity contribution in [2.75, 3.05) is 0 Å². The molecule has 0 aromatic heterocycles. The fraction of sp³-hybridized carbons (Fsp3) is 0.400. The molecule has 1 fully saturated rings. The number of nitrogens with two attached hydrogens (primary N) is 1. The molecule has 2 atom stereocenters. The summed E-state index contributed by atoms with van der Waals surface area (Å²) in [6.07, 6.45) is 1.01. The van der Waals surface area contributed by atoms with E-state index in [0.717, 1.165) is 12.0 Å². The molecular formula is C10H12FN. The van der Waals surface area contributed by atoms with Crippen molar-refractivity contribution >= 4 is 0 Å². The Hall–Kier alpha value is -0.890. The molecule has 0 heterocycles. The molecule has 2 heteroatoms. The zero-order chi connectivity index (χ0) is 8.77.